The fraction of sp³-hybridized carbons (Fsp3) is 0.875. The normalized spacial score (nSPS) is 14.8. The van der Waals surface area contributed by atoms with E-state index in [2.05, 4.69) is 31.2 Å². The van der Waals surface area contributed by atoms with E-state index in [1.165, 1.54) is 96.3 Å². The van der Waals surface area contributed by atoms with E-state index in [1.54, 1.807) is 0 Å². The van der Waals surface area contributed by atoms with Gasteiger partial charge < -0.3 is 28.3 Å². The van der Waals surface area contributed by atoms with Crippen LogP contribution >= 0.6 is 7.82 Å². The molecule has 0 radical (unpaired) electrons. The molecule has 0 aliphatic rings. The number of phosphoric ester groups is 1. The quantitative estimate of drug-likeness (QED) is 0.0399. The van der Waals surface area contributed by atoms with E-state index in [-0.39, 0.29) is 19.8 Å². The predicted octanol–water partition coefficient (Wildman–Crippen LogP) is 7.73. The van der Waals surface area contributed by atoms with E-state index >= 15 is 0 Å². The van der Waals surface area contributed by atoms with Crippen molar-refractivity contribution < 1.29 is 32.8 Å². The third-order valence-corrected chi connectivity index (χ3v) is 7.70. The maximum atomic E-state index is 11.7. The third kappa shape index (κ3) is 32.0. The molecule has 0 saturated heterocycles. The molecule has 1 N–H and O–H groups in total. The van der Waals surface area contributed by atoms with Crippen LogP contribution in [0.2, 0.25) is 0 Å². The van der Waals surface area contributed by atoms with Crippen LogP contribution in [0, 0.1) is 0 Å². The Hall–Kier alpha value is -0.530. The number of ether oxygens (including phenoxy) is 1. The first kappa shape index (κ1) is 39.5. The maximum Gasteiger partial charge on any atom is 0.268 e. The molecule has 0 bridgehead atoms. The largest absolute Gasteiger partial charge is 0.756 e. The molecular formula is C32H64NO6P. The molecule has 0 aromatic rings. The van der Waals surface area contributed by atoms with Crippen molar-refractivity contribution >= 4 is 7.82 Å². The summed E-state index contributed by atoms with van der Waals surface area (Å²) >= 11 is 0. The van der Waals surface area contributed by atoms with E-state index in [0.717, 1.165) is 19.3 Å². The van der Waals surface area contributed by atoms with Gasteiger partial charge in [-0.25, -0.2) is 0 Å². The third-order valence-electron chi connectivity index (χ3n) is 6.74. The molecule has 0 aliphatic carbocycles. The van der Waals surface area contributed by atoms with Gasteiger partial charge in [0.15, 0.2) is 0 Å². The fourth-order valence-corrected chi connectivity index (χ4v) is 4.90. The van der Waals surface area contributed by atoms with Gasteiger partial charge in [0.1, 0.15) is 19.3 Å². The monoisotopic (exact) mass is 589 g/mol. The highest BCUT2D eigenvalue weighted by molar-refractivity contribution is 7.45. The van der Waals surface area contributed by atoms with Crippen molar-refractivity contribution in [3.63, 3.8) is 0 Å². The Balaban J connectivity index is 3.38. The van der Waals surface area contributed by atoms with Crippen LogP contribution in [-0.2, 0) is 18.3 Å². The Kier molecular flexibility index (Phi) is 27.0. The molecule has 2 unspecified atom stereocenters. The van der Waals surface area contributed by atoms with E-state index in [4.69, 9.17) is 13.8 Å². The lowest BCUT2D eigenvalue weighted by Crippen LogP contribution is -2.37. The zero-order valence-electron chi connectivity index (χ0n) is 26.5. The fourth-order valence-electron chi connectivity index (χ4n) is 4.16. The second-order valence-electron chi connectivity index (χ2n) is 12.0. The average Bonchev–Trinajstić information content (AvgIpc) is 2.89. The summed E-state index contributed by atoms with van der Waals surface area (Å²) in [6, 6.07) is 0. The average molecular weight is 590 g/mol. The molecular weight excluding hydrogens is 525 g/mol. The molecule has 40 heavy (non-hydrogen) atoms. The van der Waals surface area contributed by atoms with Crippen LogP contribution in [0.3, 0.4) is 0 Å². The van der Waals surface area contributed by atoms with E-state index in [1.807, 2.05) is 21.1 Å². The summed E-state index contributed by atoms with van der Waals surface area (Å²) in [5.41, 5.74) is 0. The number of hydrogen-bond donors (Lipinski definition) is 1. The van der Waals surface area contributed by atoms with Crippen molar-refractivity contribution in [1.82, 2.24) is 0 Å². The Morgan fingerprint density at radius 1 is 0.700 bits per heavy atom. The number of hydrogen-bond acceptors (Lipinski definition) is 6. The van der Waals surface area contributed by atoms with Gasteiger partial charge >= 0.3 is 0 Å². The second-order valence-corrected chi connectivity index (χ2v) is 13.4. The number of unbranched alkanes of at least 4 members (excludes halogenated alkanes) is 15. The van der Waals surface area contributed by atoms with Crippen LogP contribution < -0.4 is 4.89 Å². The molecule has 0 spiro atoms. The van der Waals surface area contributed by atoms with Crippen LogP contribution in [0.4, 0.5) is 0 Å². The number of nitrogens with zero attached hydrogens (tertiary/aromatic N) is 1. The summed E-state index contributed by atoms with van der Waals surface area (Å²) < 4.78 is 27.3. The lowest BCUT2D eigenvalue weighted by atomic mass is 10.1. The summed E-state index contributed by atoms with van der Waals surface area (Å²) in [5.74, 6) is 0. The van der Waals surface area contributed by atoms with Crippen LogP contribution in [0.5, 0.6) is 0 Å². The number of likely N-dealkylation sites (N-methyl/N-ethyl adjacent to an activating group) is 1. The van der Waals surface area contributed by atoms with Crippen LogP contribution in [0.15, 0.2) is 24.3 Å². The minimum atomic E-state index is -4.40. The molecule has 8 heteroatoms. The highest BCUT2D eigenvalue weighted by Gasteiger charge is 2.15. The van der Waals surface area contributed by atoms with Crippen LogP contribution in [0.25, 0.3) is 0 Å². The van der Waals surface area contributed by atoms with Crippen molar-refractivity contribution in [1.29, 1.82) is 0 Å². The van der Waals surface area contributed by atoms with E-state index in [0.29, 0.717) is 17.6 Å². The van der Waals surface area contributed by atoms with Gasteiger partial charge in [0.2, 0.25) is 0 Å². The second kappa shape index (κ2) is 27.3. The SMILES string of the molecule is CCCCCCC/C=C\C/C=C\CCCCCCCCCCCCOCC(O)COP(=O)([O-])OCC[N+](C)(C)C. The zero-order valence-corrected chi connectivity index (χ0v) is 27.4. The molecule has 0 heterocycles. The number of aliphatic hydroxyl groups is 1. The summed E-state index contributed by atoms with van der Waals surface area (Å²) in [4.78, 5) is 11.7. The van der Waals surface area contributed by atoms with E-state index in [9.17, 15) is 14.6 Å². The highest BCUT2D eigenvalue weighted by atomic mass is 31.2. The van der Waals surface area contributed by atoms with Crippen molar-refractivity contribution in [2.75, 3.05) is 54.1 Å². The van der Waals surface area contributed by atoms with Gasteiger partial charge in [-0.3, -0.25) is 4.57 Å². The lowest BCUT2D eigenvalue weighted by molar-refractivity contribution is -0.870. The van der Waals surface area contributed by atoms with Crippen LogP contribution in [0.1, 0.15) is 122 Å². The minimum Gasteiger partial charge on any atom is -0.756 e. The Morgan fingerprint density at radius 2 is 1.20 bits per heavy atom. The first-order valence-corrected chi connectivity index (χ1v) is 17.6. The minimum absolute atomic E-state index is 0.0481. The Morgan fingerprint density at radius 3 is 1.73 bits per heavy atom. The molecule has 0 aromatic carbocycles. The molecule has 7 nitrogen and oxygen atoms in total. The lowest BCUT2D eigenvalue weighted by Gasteiger charge is -2.27. The molecule has 0 amide bonds. The Bertz CT molecular complexity index is 650. The van der Waals surface area contributed by atoms with Crippen molar-refractivity contribution in [3.05, 3.63) is 24.3 Å². The zero-order chi connectivity index (χ0) is 29.8. The summed E-state index contributed by atoms with van der Waals surface area (Å²) in [7, 11) is 1.44. The summed E-state index contributed by atoms with van der Waals surface area (Å²) in [5, 5.41) is 9.87. The predicted molar refractivity (Wildman–Crippen MR) is 166 cm³/mol. The number of quaternary nitrogens is 1. The standard InChI is InChI=1S/C32H64NO6P/c1-5-6-7-8-9-10-11-12-13-14-15-16-17-18-19-20-21-22-23-24-25-26-28-37-30-32(34)31-39-40(35,36)38-29-27-33(2,3)4/h11-12,14-15,32,34H,5-10,13,16-31H2,1-4H3/b12-11-,15-14-. The van der Waals surface area contributed by atoms with Gasteiger partial charge in [-0.1, -0.05) is 108 Å². The molecule has 0 aliphatic heterocycles. The number of aliphatic hydroxyl groups excluding tert-OH is 1. The summed E-state index contributed by atoms with van der Waals surface area (Å²) in [6.45, 7) is 3.13. The summed E-state index contributed by atoms with van der Waals surface area (Å²) in [6.07, 6.45) is 31.1. The van der Waals surface area contributed by atoms with Gasteiger partial charge in [0.25, 0.3) is 7.82 Å². The number of phosphoric acid groups is 1. The van der Waals surface area contributed by atoms with Crippen molar-refractivity contribution in [3.8, 4) is 0 Å². The molecule has 0 fully saturated rings. The highest BCUT2D eigenvalue weighted by Crippen LogP contribution is 2.38. The first-order valence-electron chi connectivity index (χ1n) is 16.1. The van der Waals surface area contributed by atoms with Gasteiger partial charge in [0, 0.05) is 6.61 Å². The topological polar surface area (TPSA) is 88.0 Å². The van der Waals surface area contributed by atoms with Gasteiger partial charge in [0.05, 0.1) is 34.4 Å². The maximum absolute atomic E-state index is 11.7. The molecule has 238 valence electrons. The smallest absolute Gasteiger partial charge is 0.268 e. The van der Waals surface area contributed by atoms with Gasteiger partial charge in [-0.15, -0.1) is 0 Å². The molecule has 0 aromatic heterocycles. The first-order chi connectivity index (χ1) is 19.2. The Labute approximate surface area is 247 Å². The number of allylic oxidation sites excluding steroid dienone is 4. The number of rotatable bonds is 30. The molecule has 0 saturated carbocycles. The van der Waals surface area contributed by atoms with Crippen molar-refractivity contribution in [2.24, 2.45) is 0 Å². The van der Waals surface area contributed by atoms with Crippen molar-refractivity contribution in [2.45, 2.75) is 129 Å². The van der Waals surface area contributed by atoms with Gasteiger partial charge in [-0.05, 0) is 38.5 Å². The molecule has 2 atom stereocenters. The van der Waals surface area contributed by atoms with E-state index < -0.39 is 13.9 Å². The van der Waals surface area contributed by atoms with Crippen LogP contribution in [-0.4, -0.2) is 69.8 Å². The van der Waals surface area contributed by atoms with Gasteiger partial charge in [-0.2, -0.15) is 0 Å². The molecule has 0 rings (SSSR count).